The van der Waals surface area contributed by atoms with Crippen LogP contribution in [-0.4, -0.2) is 25.0 Å². The highest BCUT2D eigenvalue weighted by molar-refractivity contribution is 5.83. The Morgan fingerprint density at radius 3 is 2.67 bits per heavy atom. The van der Waals surface area contributed by atoms with Gasteiger partial charge in [-0.15, -0.1) is 0 Å². The van der Waals surface area contributed by atoms with Crippen LogP contribution in [0.25, 0.3) is 0 Å². The summed E-state index contributed by atoms with van der Waals surface area (Å²) in [5.74, 6) is 0.996. The molecule has 0 aromatic rings. The van der Waals surface area contributed by atoms with Gasteiger partial charge >= 0.3 is 0 Å². The lowest BCUT2D eigenvalue weighted by atomic mass is 9.77. The fraction of sp³-hybridized carbons (Fsp3) is 0.933. The Balaban J connectivity index is 1.92. The Labute approximate surface area is 111 Å². The molecule has 0 spiro atoms. The minimum atomic E-state index is -0.148. The van der Waals surface area contributed by atoms with Gasteiger partial charge in [0.15, 0.2) is 0 Å². The molecule has 0 bridgehead atoms. The molecular weight excluding hydrogens is 224 g/mol. The predicted molar refractivity (Wildman–Crippen MR) is 74.4 cm³/mol. The minimum Gasteiger partial charge on any atom is -0.353 e. The molecule has 2 N–H and O–H groups in total. The van der Waals surface area contributed by atoms with Crippen LogP contribution in [0.15, 0.2) is 0 Å². The first-order chi connectivity index (χ1) is 8.68. The third-order valence-corrected chi connectivity index (χ3v) is 5.10. The van der Waals surface area contributed by atoms with E-state index in [4.69, 9.17) is 0 Å². The number of carbonyl (C=O) groups is 1. The van der Waals surface area contributed by atoms with E-state index in [2.05, 4.69) is 24.5 Å². The summed E-state index contributed by atoms with van der Waals surface area (Å²) in [7, 11) is 0. The summed E-state index contributed by atoms with van der Waals surface area (Å²) in [4.78, 5) is 12.6. The monoisotopic (exact) mass is 252 g/mol. The van der Waals surface area contributed by atoms with Crippen molar-refractivity contribution in [2.24, 2.45) is 11.3 Å². The summed E-state index contributed by atoms with van der Waals surface area (Å²) < 4.78 is 0. The van der Waals surface area contributed by atoms with Gasteiger partial charge in [0.25, 0.3) is 0 Å². The van der Waals surface area contributed by atoms with Gasteiger partial charge in [0.1, 0.15) is 0 Å². The van der Waals surface area contributed by atoms with Crippen molar-refractivity contribution in [1.82, 2.24) is 10.6 Å². The third-order valence-electron chi connectivity index (χ3n) is 5.10. The lowest BCUT2D eigenvalue weighted by Crippen LogP contribution is -2.53. The van der Waals surface area contributed by atoms with E-state index in [1.165, 1.54) is 25.7 Å². The Kier molecular flexibility index (Phi) is 4.66. The second-order valence-corrected chi connectivity index (χ2v) is 6.22. The molecule has 0 aromatic carbocycles. The topological polar surface area (TPSA) is 41.1 Å². The molecule has 0 radical (unpaired) electrons. The van der Waals surface area contributed by atoms with Crippen molar-refractivity contribution in [2.45, 2.75) is 64.8 Å². The normalized spacial score (nSPS) is 31.2. The lowest BCUT2D eigenvalue weighted by Gasteiger charge is -2.37. The zero-order chi connectivity index (χ0) is 13.0. The van der Waals surface area contributed by atoms with Gasteiger partial charge in [-0.05, 0) is 51.5 Å². The van der Waals surface area contributed by atoms with Crippen LogP contribution >= 0.6 is 0 Å². The highest BCUT2D eigenvalue weighted by Gasteiger charge is 2.38. The molecule has 18 heavy (non-hydrogen) atoms. The summed E-state index contributed by atoms with van der Waals surface area (Å²) in [6.45, 7) is 6.25. The van der Waals surface area contributed by atoms with E-state index < -0.39 is 0 Å². The molecule has 1 aliphatic carbocycles. The third kappa shape index (κ3) is 2.87. The molecule has 1 amide bonds. The van der Waals surface area contributed by atoms with E-state index in [1.807, 2.05) is 0 Å². The summed E-state index contributed by atoms with van der Waals surface area (Å²) in [5, 5.41) is 6.69. The number of hydrogen-bond donors (Lipinski definition) is 2. The van der Waals surface area contributed by atoms with Crippen LogP contribution in [-0.2, 0) is 4.79 Å². The predicted octanol–water partition coefficient (Wildman–Crippen LogP) is 2.46. The van der Waals surface area contributed by atoms with E-state index in [-0.39, 0.29) is 11.3 Å². The van der Waals surface area contributed by atoms with Crippen molar-refractivity contribution in [1.29, 1.82) is 0 Å². The first-order valence-electron chi connectivity index (χ1n) is 7.69. The zero-order valence-corrected chi connectivity index (χ0v) is 11.9. The van der Waals surface area contributed by atoms with Gasteiger partial charge in [0.2, 0.25) is 5.91 Å². The van der Waals surface area contributed by atoms with E-state index in [0.29, 0.717) is 12.0 Å². The molecular formula is C15H28N2O. The number of piperidine rings is 1. The van der Waals surface area contributed by atoms with E-state index in [1.54, 1.807) is 0 Å². The Morgan fingerprint density at radius 2 is 2.11 bits per heavy atom. The van der Waals surface area contributed by atoms with Crippen molar-refractivity contribution in [3.63, 3.8) is 0 Å². The number of nitrogens with one attached hydrogen (secondary N) is 2. The van der Waals surface area contributed by atoms with Crippen LogP contribution in [0.4, 0.5) is 0 Å². The van der Waals surface area contributed by atoms with Crippen molar-refractivity contribution < 1.29 is 4.79 Å². The van der Waals surface area contributed by atoms with Crippen LogP contribution in [0.3, 0.4) is 0 Å². The van der Waals surface area contributed by atoms with Crippen LogP contribution in [0.1, 0.15) is 58.8 Å². The summed E-state index contributed by atoms with van der Waals surface area (Å²) >= 11 is 0. The van der Waals surface area contributed by atoms with Crippen molar-refractivity contribution >= 4 is 5.91 Å². The number of rotatable bonds is 4. The van der Waals surface area contributed by atoms with Gasteiger partial charge in [0, 0.05) is 12.6 Å². The smallest absolute Gasteiger partial charge is 0.227 e. The molecule has 2 aliphatic rings. The van der Waals surface area contributed by atoms with Crippen LogP contribution in [0, 0.1) is 11.3 Å². The maximum Gasteiger partial charge on any atom is 0.227 e. The van der Waals surface area contributed by atoms with E-state index in [0.717, 1.165) is 32.4 Å². The molecule has 2 rings (SSSR count). The Morgan fingerprint density at radius 1 is 1.39 bits per heavy atom. The zero-order valence-electron chi connectivity index (χ0n) is 11.9. The highest BCUT2D eigenvalue weighted by Crippen LogP contribution is 2.32. The Hall–Kier alpha value is -0.570. The van der Waals surface area contributed by atoms with Gasteiger partial charge in [-0.3, -0.25) is 4.79 Å². The van der Waals surface area contributed by atoms with Gasteiger partial charge in [0.05, 0.1) is 5.41 Å². The lowest BCUT2D eigenvalue weighted by molar-refractivity contribution is -0.133. The molecule has 3 nitrogen and oxygen atoms in total. The molecule has 104 valence electrons. The number of hydrogen-bond acceptors (Lipinski definition) is 2. The summed E-state index contributed by atoms with van der Waals surface area (Å²) in [5.41, 5.74) is -0.148. The molecule has 3 heteroatoms. The van der Waals surface area contributed by atoms with Crippen molar-refractivity contribution in [3.05, 3.63) is 0 Å². The first-order valence-corrected chi connectivity index (χ1v) is 7.69. The van der Waals surface area contributed by atoms with Crippen LogP contribution in [0.2, 0.25) is 0 Å². The fourth-order valence-electron chi connectivity index (χ4n) is 3.56. The molecule has 2 atom stereocenters. The van der Waals surface area contributed by atoms with Gasteiger partial charge in [-0.1, -0.05) is 19.8 Å². The minimum absolute atomic E-state index is 0.148. The molecule has 1 heterocycles. The highest BCUT2D eigenvalue weighted by atomic mass is 16.2. The fourth-order valence-corrected chi connectivity index (χ4v) is 3.56. The van der Waals surface area contributed by atoms with Crippen molar-refractivity contribution in [3.8, 4) is 0 Å². The number of amides is 1. The molecule has 1 aliphatic heterocycles. The SMILES string of the molecule is CCC1(C(=O)NC(C)C2CCCC2)CCCNC1. The quantitative estimate of drug-likeness (QED) is 0.807. The van der Waals surface area contributed by atoms with E-state index >= 15 is 0 Å². The first kappa shape index (κ1) is 13.9. The van der Waals surface area contributed by atoms with Crippen LogP contribution in [0.5, 0.6) is 0 Å². The maximum atomic E-state index is 12.6. The second-order valence-electron chi connectivity index (χ2n) is 6.22. The number of carbonyl (C=O) groups excluding carboxylic acids is 1. The molecule has 0 aromatic heterocycles. The van der Waals surface area contributed by atoms with E-state index in [9.17, 15) is 4.79 Å². The average molecular weight is 252 g/mol. The second kappa shape index (κ2) is 6.05. The summed E-state index contributed by atoms with van der Waals surface area (Å²) in [6, 6.07) is 0.352. The molecule has 1 saturated heterocycles. The standard InChI is InChI=1S/C15H28N2O/c1-3-15(9-6-10-16-11-15)14(18)17-12(2)13-7-4-5-8-13/h12-13,16H,3-11H2,1-2H3,(H,17,18). The molecule has 2 unspecified atom stereocenters. The van der Waals surface area contributed by atoms with Gasteiger partial charge in [-0.25, -0.2) is 0 Å². The van der Waals surface area contributed by atoms with Gasteiger partial charge < -0.3 is 10.6 Å². The Bertz CT molecular complexity index is 278. The average Bonchev–Trinajstić information content (AvgIpc) is 2.93. The molecule has 2 fully saturated rings. The van der Waals surface area contributed by atoms with Crippen LogP contribution < -0.4 is 10.6 Å². The van der Waals surface area contributed by atoms with Crippen molar-refractivity contribution in [2.75, 3.05) is 13.1 Å². The largest absolute Gasteiger partial charge is 0.353 e. The van der Waals surface area contributed by atoms with Gasteiger partial charge in [-0.2, -0.15) is 0 Å². The summed E-state index contributed by atoms with van der Waals surface area (Å²) in [6.07, 6.45) is 8.37. The molecule has 1 saturated carbocycles. The maximum absolute atomic E-state index is 12.6.